The molecule has 0 aromatic carbocycles. The van der Waals surface area contributed by atoms with Crippen molar-refractivity contribution in [2.45, 2.75) is 91.0 Å². The van der Waals surface area contributed by atoms with Crippen LogP contribution in [0.1, 0.15) is 63.5 Å². The number of carbonyl (C=O) groups is 1. The Morgan fingerprint density at radius 1 is 1.19 bits per heavy atom. The molecule has 1 aromatic heterocycles. The third kappa shape index (κ3) is 5.43. The Morgan fingerprint density at radius 3 is 2.31 bits per heavy atom. The standard InChI is InChI=1S/C20H35NO4Si/c1-14-18(15(2)25-21-14)12-19(22)24-17-10-8-16(9-11-17)13-23-26(6,7)20(3,4)5/h16-17H,8-13H2,1-7H3. The van der Waals surface area contributed by atoms with Crippen molar-refractivity contribution in [3.8, 4) is 0 Å². The van der Waals surface area contributed by atoms with Gasteiger partial charge in [0.1, 0.15) is 11.9 Å². The van der Waals surface area contributed by atoms with E-state index in [1.54, 1.807) is 0 Å². The lowest BCUT2D eigenvalue weighted by molar-refractivity contribution is -0.150. The summed E-state index contributed by atoms with van der Waals surface area (Å²) in [5.74, 6) is 1.10. The van der Waals surface area contributed by atoms with Crippen LogP contribution < -0.4 is 0 Å². The Hall–Kier alpha value is -1.14. The van der Waals surface area contributed by atoms with Gasteiger partial charge >= 0.3 is 5.97 Å². The number of carbonyl (C=O) groups excluding carboxylic acids is 1. The fourth-order valence-corrected chi connectivity index (χ4v) is 4.17. The number of ether oxygens (including phenoxy) is 1. The highest BCUT2D eigenvalue weighted by atomic mass is 28.4. The fourth-order valence-electron chi connectivity index (χ4n) is 3.09. The largest absolute Gasteiger partial charge is 0.462 e. The Balaban J connectivity index is 1.74. The lowest BCUT2D eigenvalue weighted by Gasteiger charge is -2.38. The van der Waals surface area contributed by atoms with E-state index in [2.05, 4.69) is 39.0 Å². The molecule has 0 amide bonds. The lowest BCUT2D eigenvalue weighted by atomic mass is 9.88. The van der Waals surface area contributed by atoms with Gasteiger partial charge in [-0.3, -0.25) is 4.79 Å². The highest BCUT2D eigenvalue weighted by Gasteiger charge is 2.38. The minimum Gasteiger partial charge on any atom is -0.462 e. The number of rotatable bonds is 6. The van der Waals surface area contributed by atoms with Crippen LogP contribution in [0.25, 0.3) is 0 Å². The number of esters is 1. The van der Waals surface area contributed by atoms with Gasteiger partial charge in [0.05, 0.1) is 12.1 Å². The normalized spacial score (nSPS) is 21.7. The van der Waals surface area contributed by atoms with Crippen molar-refractivity contribution < 1.29 is 18.5 Å². The molecule has 0 saturated heterocycles. The van der Waals surface area contributed by atoms with Crippen LogP contribution in [-0.2, 0) is 20.4 Å². The molecule has 5 nitrogen and oxygen atoms in total. The fraction of sp³-hybridized carbons (Fsp3) is 0.800. The van der Waals surface area contributed by atoms with Crippen LogP contribution in [-0.4, -0.2) is 32.2 Å². The second kappa shape index (κ2) is 8.25. The summed E-state index contributed by atoms with van der Waals surface area (Å²) in [5, 5.41) is 4.14. The molecule has 1 aliphatic carbocycles. The molecule has 6 heteroatoms. The third-order valence-electron chi connectivity index (χ3n) is 6.08. The van der Waals surface area contributed by atoms with Gasteiger partial charge in [-0.1, -0.05) is 25.9 Å². The molecule has 1 fully saturated rings. The zero-order valence-corrected chi connectivity index (χ0v) is 18.5. The summed E-state index contributed by atoms with van der Waals surface area (Å²) in [5.41, 5.74) is 1.62. The van der Waals surface area contributed by atoms with E-state index in [-0.39, 0.29) is 23.5 Å². The highest BCUT2D eigenvalue weighted by Crippen LogP contribution is 2.37. The Kier molecular flexibility index (Phi) is 6.72. The minimum absolute atomic E-state index is 0.0343. The van der Waals surface area contributed by atoms with Crippen molar-refractivity contribution in [3.63, 3.8) is 0 Å². The minimum atomic E-state index is -1.68. The van der Waals surface area contributed by atoms with Crippen molar-refractivity contribution in [2.24, 2.45) is 5.92 Å². The monoisotopic (exact) mass is 381 g/mol. The van der Waals surface area contributed by atoms with Gasteiger partial charge in [0, 0.05) is 12.2 Å². The van der Waals surface area contributed by atoms with Crippen LogP contribution in [0.15, 0.2) is 4.52 Å². The number of aromatic nitrogens is 1. The summed E-state index contributed by atoms with van der Waals surface area (Å²) in [6.07, 6.45) is 4.27. The first-order valence-corrected chi connectivity index (χ1v) is 12.7. The second-order valence-corrected chi connectivity index (χ2v) is 14.0. The summed E-state index contributed by atoms with van der Waals surface area (Å²) in [4.78, 5) is 12.2. The van der Waals surface area contributed by atoms with Crippen molar-refractivity contribution in [3.05, 3.63) is 17.0 Å². The first-order valence-electron chi connectivity index (χ1n) is 9.75. The zero-order valence-electron chi connectivity index (χ0n) is 17.5. The topological polar surface area (TPSA) is 61.6 Å². The number of aryl methyl sites for hydroxylation is 2. The molecule has 0 N–H and O–H groups in total. The number of hydrogen-bond acceptors (Lipinski definition) is 5. The molecule has 0 atom stereocenters. The second-order valence-electron chi connectivity index (χ2n) is 9.18. The van der Waals surface area contributed by atoms with Crippen molar-refractivity contribution >= 4 is 14.3 Å². The van der Waals surface area contributed by atoms with Crippen molar-refractivity contribution in [1.29, 1.82) is 0 Å². The molecule has 0 unspecified atom stereocenters. The van der Waals surface area contributed by atoms with E-state index in [1.807, 2.05) is 13.8 Å². The van der Waals surface area contributed by atoms with Crippen LogP contribution in [0.5, 0.6) is 0 Å². The van der Waals surface area contributed by atoms with Gasteiger partial charge in [-0.25, -0.2) is 0 Å². The average Bonchev–Trinajstić information content (AvgIpc) is 2.85. The zero-order chi connectivity index (χ0) is 19.5. The summed E-state index contributed by atoms with van der Waals surface area (Å²) in [6.45, 7) is 15.9. The Labute approximate surface area is 158 Å². The highest BCUT2D eigenvalue weighted by molar-refractivity contribution is 6.74. The molecular formula is C20H35NO4Si. The first kappa shape index (κ1) is 21.2. The summed E-state index contributed by atoms with van der Waals surface area (Å²) in [6, 6.07) is 0. The number of hydrogen-bond donors (Lipinski definition) is 0. The van der Waals surface area contributed by atoms with Gasteiger partial charge in [-0.2, -0.15) is 0 Å². The molecule has 2 rings (SSSR count). The van der Waals surface area contributed by atoms with E-state index in [1.165, 1.54) is 0 Å². The quantitative estimate of drug-likeness (QED) is 0.515. The Morgan fingerprint density at radius 2 is 1.81 bits per heavy atom. The first-order chi connectivity index (χ1) is 12.0. The maximum atomic E-state index is 12.2. The molecule has 0 bridgehead atoms. The molecule has 1 aliphatic rings. The van der Waals surface area contributed by atoms with Gasteiger partial charge in [0.2, 0.25) is 0 Å². The molecule has 1 aromatic rings. The maximum absolute atomic E-state index is 12.2. The van der Waals surface area contributed by atoms with Gasteiger partial charge < -0.3 is 13.7 Å². The molecule has 26 heavy (non-hydrogen) atoms. The van der Waals surface area contributed by atoms with E-state index in [0.717, 1.165) is 43.5 Å². The van der Waals surface area contributed by atoms with E-state index in [4.69, 9.17) is 13.7 Å². The van der Waals surface area contributed by atoms with Crippen molar-refractivity contribution in [2.75, 3.05) is 6.61 Å². The third-order valence-corrected chi connectivity index (χ3v) is 10.6. The SMILES string of the molecule is Cc1noc(C)c1CC(=O)OC1CCC(CO[Si](C)(C)C(C)(C)C)CC1. The molecule has 0 radical (unpaired) electrons. The predicted molar refractivity (Wildman–Crippen MR) is 105 cm³/mol. The molecule has 1 heterocycles. The van der Waals surface area contributed by atoms with E-state index in [0.29, 0.717) is 11.7 Å². The van der Waals surface area contributed by atoms with Crippen LogP contribution in [0, 0.1) is 19.8 Å². The summed E-state index contributed by atoms with van der Waals surface area (Å²) in [7, 11) is -1.68. The van der Waals surface area contributed by atoms with Crippen LogP contribution >= 0.6 is 0 Å². The van der Waals surface area contributed by atoms with Crippen molar-refractivity contribution in [1.82, 2.24) is 5.16 Å². The van der Waals surface area contributed by atoms with E-state index >= 15 is 0 Å². The van der Waals surface area contributed by atoms with Crippen LogP contribution in [0.2, 0.25) is 18.1 Å². The van der Waals surface area contributed by atoms with E-state index in [9.17, 15) is 4.79 Å². The summed E-state index contributed by atoms with van der Waals surface area (Å²) < 4.78 is 17.2. The van der Waals surface area contributed by atoms with Gasteiger partial charge in [-0.15, -0.1) is 0 Å². The maximum Gasteiger partial charge on any atom is 0.310 e. The smallest absolute Gasteiger partial charge is 0.310 e. The van der Waals surface area contributed by atoms with Gasteiger partial charge in [0.25, 0.3) is 0 Å². The van der Waals surface area contributed by atoms with E-state index < -0.39 is 8.32 Å². The van der Waals surface area contributed by atoms with Gasteiger partial charge in [0.15, 0.2) is 8.32 Å². The Bertz CT molecular complexity index is 590. The molecule has 1 saturated carbocycles. The predicted octanol–water partition coefficient (Wildman–Crippen LogP) is 4.96. The molecule has 148 valence electrons. The number of nitrogens with zero attached hydrogens (tertiary/aromatic N) is 1. The molecule has 0 aliphatic heterocycles. The van der Waals surface area contributed by atoms with Crippen LogP contribution in [0.4, 0.5) is 0 Å². The van der Waals surface area contributed by atoms with Crippen LogP contribution in [0.3, 0.4) is 0 Å². The lowest BCUT2D eigenvalue weighted by Crippen LogP contribution is -2.42. The molecule has 0 spiro atoms. The molecular weight excluding hydrogens is 346 g/mol. The average molecular weight is 382 g/mol. The van der Waals surface area contributed by atoms with Gasteiger partial charge in [-0.05, 0) is 63.6 Å². The summed E-state index contributed by atoms with van der Waals surface area (Å²) >= 11 is 0.